The number of benzene rings is 2. The number of nitrogens with two attached hydrogens (primary N) is 1. The minimum absolute atomic E-state index is 0.000365. The molecule has 0 aliphatic heterocycles. The molecule has 0 fully saturated rings. The largest absolute Gasteiger partial charge is 0.475 e. The summed E-state index contributed by atoms with van der Waals surface area (Å²) in [4.78, 5) is 8.32. The number of halogens is 3. The highest BCUT2D eigenvalue weighted by molar-refractivity contribution is 7.92. The quantitative estimate of drug-likeness (QED) is 0.528. The lowest BCUT2D eigenvalue weighted by Gasteiger charge is -2.11. The summed E-state index contributed by atoms with van der Waals surface area (Å²) in [7, 11) is -3.38. The SMILES string of the molecule is CS(=O)(=O)Nc1ccc(-c2cnc(N)c(OCCc3c(F)ccc(F)c3Cl)n2)cc1. The summed E-state index contributed by atoms with van der Waals surface area (Å²) in [6.45, 7) is -0.0559. The highest BCUT2D eigenvalue weighted by atomic mass is 35.5. The maximum absolute atomic E-state index is 13.9. The van der Waals surface area contributed by atoms with Crippen molar-refractivity contribution in [3.8, 4) is 17.1 Å². The number of aromatic nitrogens is 2. The van der Waals surface area contributed by atoms with Gasteiger partial charge in [0.25, 0.3) is 5.88 Å². The fourth-order valence-electron chi connectivity index (χ4n) is 2.60. The van der Waals surface area contributed by atoms with Gasteiger partial charge >= 0.3 is 0 Å². The summed E-state index contributed by atoms with van der Waals surface area (Å²) in [5.74, 6) is -1.30. The molecule has 2 aromatic carbocycles. The van der Waals surface area contributed by atoms with Gasteiger partial charge in [0.05, 0.1) is 29.8 Å². The molecule has 3 aromatic rings. The van der Waals surface area contributed by atoms with Crippen molar-refractivity contribution in [3.63, 3.8) is 0 Å². The summed E-state index contributed by atoms with van der Waals surface area (Å²) in [6.07, 6.45) is 2.49. The van der Waals surface area contributed by atoms with Crippen molar-refractivity contribution < 1.29 is 21.9 Å². The van der Waals surface area contributed by atoms with E-state index in [0.29, 0.717) is 16.9 Å². The summed E-state index contributed by atoms with van der Waals surface area (Å²) in [6, 6.07) is 8.39. The van der Waals surface area contributed by atoms with E-state index in [4.69, 9.17) is 22.1 Å². The summed E-state index contributed by atoms with van der Waals surface area (Å²) < 4.78 is 57.8. The van der Waals surface area contributed by atoms with E-state index in [1.54, 1.807) is 24.3 Å². The van der Waals surface area contributed by atoms with Crippen LogP contribution in [0.25, 0.3) is 11.3 Å². The van der Waals surface area contributed by atoms with E-state index < -0.39 is 21.7 Å². The van der Waals surface area contributed by atoms with E-state index in [9.17, 15) is 17.2 Å². The van der Waals surface area contributed by atoms with Gasteiger partial charge < -0.3 is 10.5 Å². The first-order valence-electron chi connectivity index (χ1n) is 8.60. The van der Waals surface area contributed by atoms with E-state index in [2.05, 4.69) is 14.7 Å². The number of ether oxygens (including phenoxy) is 1. The predicted molar refractivity (Wildman–Crippen MR) is 111 cm³/mol. The Labute approximate surface area is 176 Å². The van der Waals surface area contributed by atoms with Gasteiger partial charge in [0.15, 0.2) is 5.82 Å². The lowest BCUT2D eigenvalue weighted by atomic mass is 10.1. The molecular weight excluding hydrogens is 438 g/mol. The Kier molecular flexibility index (Phi) is 6.37. The number of nitrogens with zero attached hydrogens (tertiary/aromatic N) is 2. The molecule has 0 radical (unpaired) electrons. The van der Waals surface area contributed by atoms with Crippen LogP contribution >= 0.6 is 11.6 Å². The molecule has 0 aliphatic rings. The zero-order chi connectivity index (χ0) is 21.9. The molecule has 0 bridgehead atoms. The van der Waals surface area contributed by atoms with Crippen LogP contribution in [0, 0.1) is 11.6 Å². The van der Waals surface area contributed by atoms with E-state index in [0.717, 1.165) is 18.4 Å². The van der Waals surface area contributed by atoms with Crippen molar-refractivity contribution in [3.05, 3.63) is 64.8 Å². The Balaban J connectivity index is 1.74. The van der Waals surface area contributed by atoms with Gasteiger partial charge in [0.1, 0.15) is 11.6 Å². The number of rotatable bonds is 7. The molecule has 0 saturated heterocycles. The minimum Gasteiger partial charge on any atom is -0.475 e. The highest BCUT2D eigenvalue weighted by Crippen LogP contribution is 2.26. The Hall–Kier alpha value is -2.98. The van der Waals surface area contributed by atoms with Gasteiger partial charge in [0, 0.05) is 23.2 Å². The number of anilines is 2. The first kappa shape index (κ1) is 21.7. The molecule has 0 aliphatic carbocycles. The smallest absolute Gasteiger partial charge is 0.257 e. The van der Waals surface area contributed by atoms with Crippen LogP contribution in [0.2, 0.25) is 5.02 Å². The van der Waals surface area contributed by atoms with Crippen molar-refractivity contribution in [2.45, 2.75) is 6.42 Å². The Morgan fingerprint density at radius 1 is 1.13 bits per heavy atom. The standard InChI is InChI=1S/C19H17ClF2N4O3S/c1-30(27,28)26-12-4-2-11(3-5-12)16-10-24-18(23)19(25-16)29-9-8-13-14(21)6-7-15(22)17(13)20/h2-7,10,26H,8-9H2,1H3,(H2,23,24). The zero-order valence-corrected chi connectivity index (χ0v) is 17.3. The Morgan fingerprint density at radius 3 is 2.47 bits per heavy atom. The Morgan fingerprint density at radius 2 is 1.80 bits per heavy atom. The van der Waals surface area contributed by atoms with E-state index in [-0.39, 0.29) is 35.3 Å². The summed E-state index contributed by atoms with van der Waals surface area (Å²) in [5.41, 5.74) is 7.26. The molecular formula is C19H17ClF2N4O3S. The molecule has 30 heavy (non-hydrogen) atoms. The normalized spacial score (nSPS) is 11.3. The van der Waals surface area contributed by atoms with Crippen LogP contribution in [0.3, 0.4) is 0 Å². The zero-order valence-electron chi connectivity index (χ0n) is 15.7. The van der Waals surface area contributed by atoms with Gasteiger partial charge in [-0.15, -0.1) is 0 Å². The average Bonchev–Trinajstić information content (AvgIpc) is 2.68. The van der Waals surface area contributed by atoms with Crippen LogP contribution < -0.4 is 15.2 Å². The van der Waals surface area contributed by atoms with Crippen molar-refractivity contribution in [1.29, 1.82) is 0 Å². The van der Waals surface area contributed by atoms with Crippen LogP contribution in [-0.4, -0.2) is 31.2 Å². The maximum Gasteiger partial charge on any atom is 0.257 e. The van der Waals surface area contributed by atoms with Crippen LogP contribution in [0.15, 0.2) is 42.6 Å². The average molecular weight is 455 g/mol. The molecule has 11 heteroatoms. The van der Waals surface area contributed by atoms with Gasteiger partial charge in [-0.3, -0.25) is 4.72 Å². The van der Waals surface area contributed by atoms with Crippen LogP contribution in [0.4, 0.5) is 20.3 Å². The van der Waals surface area contributed by atoms with Crippen LogP contribution in [0.1, 0.15) is 5.56 Å². The van der Waals surface area contributed by atoms with Crippen molar-refractivity contribution in [2.75, 3.05) is 23.3 Å². The molecule has 3 rings (SSSR count). The fraction of sp³-hybridized carbons (Fsp3) is 0.158. The van der Waals surface area contributed by atoms with Crippen LogP contribution in [-0.2, 0) is 16.4 Å². The number of hydrogen-bond donors (Lipinski definition) is 2. The molecule has 1 aromatic heterocycles. The van der Waals surface area contributed by atoms with Gasteiger partial charge in [-0.1, -0.05) is 23.7 Å². The summed E-state index contributed by atoms with van der Waals surface area (Å²) in [5, 5.41) is -0.297. The third-order valence-electron chi connectivity index (χ3n) is 3.98. The molecule has 3 N–H and O–H groups in total. The maximum atomic E-state index is 13.9. The van der Waals surface area contributed by atoms with Gasteiger partial charge in [0.2, 0.25) is 10.0 Å². The molecule has 0 saturated carbocycles. The van der Waals surface area contributed by atoms with Crippen LogP contribution in [0.5, 0.6) is 5.88 Å². The highest BCUT2D eigenvalue weighted by Gasteiger charge is 2.14. The van der Waals surface area contributed by atoms with Gasteiger partial charge in [-0.25, -0.2) is 27.2 Å². The Bertz CT molecular complexity index is 1180. The van der Waals surface area contributed by atoms with Crippen molar-refractivity contribution in [1.82, 2.24) is 9.97 Å². The first-order valence-corrected chi connectivity index (χ1v) is 10.9. The number of nitrogen functional groups attached to an aromatic ring is 1. The molecule has 0 spiro atoms. The number of hydrogen-bond acceptors (Lipinski definition) is 6. The van der Waals surface area contributed by atoms with Gasteiger partial charge in [-0.05, 0) is 24.3 Å². The van der Waals surface area contributed by atoms with Crippen molar-refractivity contribution in [2.24, 2.45) is 0 Å². The van der Waals surface area contributed by atoms with E-state index in [1.165, 1.54) is 6.20 Å². The minimum atomic E-state index is -3.38. The molecule has 7 nitrogen and oxygen atoms in total. The number of sulfonamides is 1. The molecule has 0 unspecified atom stereocenters. The first-order chi connectivity index (χ1) is 14.1. The second kappa shape index (κ2) is 8.80. The molecule has 1 heterocycles. The molecule has 0 atom stereocenters. The van der Waals surface area contributed by atoms with Gasteiger partial charge in [-0.2, -0.15) is 0 Å². The van der Waals surface area contributed by atoms with E-state index >= 15 is 0 Å². The van der Waals surface area contributed by atoms with E-state index in [1.807, 2.05) is 0 Å². The molecule has 158 valence electrons. The van der Waals surface area contributed by atoms with Crippen molar-refractivity contribution >= 4 is 33.1 Å². The number of nitrogens with one attached hydrogen (secondary N) is 1. The third-order valence-corrected chi connectivity index (χ3v) is 5.00. The third kappa shape index (κ3) is 5.33. The second-order valence-electron chi connectivity index (χ2n) is 6.32. The summed E-state index contributed by atoms with van der Waals surface area (Å²) >= 11 is 5.80. The lowest BCUT2D eigenvalue weighted by Crippen LogP contribution is -2.09. The topological polar surface area (TPSA) is 107 Å². The molecule has 0 amide bonds. The monoisotopic (exact) mass is 454 g/mol. The fourth-order valence-corrected chi connectivity index (χ4v) is 3.41. The lowest BCUT2D eigenvalue weighted by molar-refractivity contribution is 0.308. The second-order valence-corrected chi connectivity index (χ2v) is 8.44. The predicted octanol–water partition coefficient (Wildman–Crippen LogP) is 3.65.